The Balaban J connectivity index is 2.03. The molecule has 0 bridgehead atoms. The van der Waals surface area contributed by atoms with Crippen molar-refractivity contribution in [1.29, 1.82) is 0 Å². The van der Waals surface area contributed by atoms with Gasteiger partial charge >= 0.3 is 0 Å². The fourth-order valence-electron chi connectivity index (χ4n) is 1.88. The molecule has 1 aromatic heterocycles. The van der Waals surface area contributed by atoms with Crippen LogP contribution in [0.5, 0.6) is 0 Å². The summed E-state index contributed by atoms with van der Waals surface area (Å²) in [6, 6.07) is 0.246. The molecular formula is C10H16N4. The topological polar surface area (TPSA) is 56.7 Å². The fraction of sp³-hybridized carbons (Fsp3) is 0.600. The molecule has 2 rings (SSSR count). The van der Waals surface area contributed by atoms with Crippen LogP contribution in [0.25, 0.3) is 0 Å². The van der Waals surface area contributed by atoms with E-state index < -0.39 is 0 Å². The SMILES string of the molecule is Cn1ncc(CC2=CC(N)CCC2)n1. The van der Waals surface area contributed by atoms with Crippen LogP contribution in [0.2, 0.25) is 0 Å². The summed E-state index contributed by atoms with van der Waals surface area (Å²) in [7, 11) is 1.84. The normalized spacial score (nSPS) is 22.1. The third kappa shape index (κ3) is 2.20. The van der Waals surface area contributed by atoms with Crippen molar-refractivity contribution in [2.75, 3.05) is 0 Å². The maximum Gasteiger partial charge on any atom is 0.0867 e. The van der Waals surface area contributed by atoms with Gasteiger partial charge in [-0.2, -0.15) is 15.0 Å². The molecule has 0 spiro atoms. The van der Waals surface area contributed by atoms with Crippen LogP contribution in [0.3, 0.4) is 0 Å². The van der Waals surface area contributed by atoms with Crippen molar-refractivity contribution in [2.45, 2.75) is 31.7 Å². The largest absolute Gasteiger partial charge is 0.324 e. The zero-order valence-electron chi connectivity index (χ0n) is 8.48. The zero-order chi connectivity index (χ0) is 9.97. The van der Waals surface area contributed by atoms with E-state index in [1.54, 1.807) is 4.80 Å². The van der Waals surface area contributed by atoms with Crippen LogP contribution in [0, 0.1) is 0 Å². The Morgan fingerprint density at radius 2 is 2.50 bits per heavy atom. The second-order valence-corrected chi connectivity index (χ2v) is 3.88. The first-order valence-electron chi connectivity index (χ1n) is 5.04. The van der Waals surface area contributed by atoms with Gasteiger partial charge in [0.15, 0.2) is 0 Å². The van der Waals surface area contributed by atoms with E-state index in [1.165, 1.54) is 12.0 Å². The van der Waals surface area contributed by atoms with E-state index in [-0.39, 0.29) is 6.04 Å². The van der Waals surface area contributed by atoms with Crippen LogP contribution in [-0.2, 0) is 13.5 Å². The quantitative estimate of drug-likeness (QED) is 0.705. The summed E-state index contributed by atoms with van der Waals surface area (Å²) in [5, 5.41) is 8.30. The van der Waals surface area contributed by atoms with Crippen LogP contribution < -0.4 is 5.73 Å². The Kier molecular flexibility index (Phi) is 2.63. The minimum atomic E-state index is 0.246. The molecule has 1 heterocycles. The van der Waals surface area contributed by atoms with Crippen molar-refractivity contribution in [3.63, 3.8) is 0 Å². The Labute approximate surface area is 83.8 Å². The Morgan fingerprint density at radius 3 is 3.14 bits per heavy atom. The lowest BCUT2D eigenvalue weighted by Crippen LogP contribution is -2.20. The lowest BCUT2D eigenvalue weighted by Gasteiger charge is -2.16. The molecule has 0 fully saturated rings. The van der Waals surface area contributed by atoms with E-state index in [1.807, 2.05) is 13.2 Å². The highest BCUT2D eigenvalue weighted by atomic mass is 15.4. The van der Waals surface area contributed by atoms with Gasteiger partial charge in [0, 0.05) is 19.5 Å². The van der Waals surface area contributed by atoms with Crippen molar-refractivity contribution in [1.82, 2.24) is 15.0 Å². The first-order valence-corrected chi connectivity index (χ1v) is 5.04. The number of aryl methyl sites for hydroxylation is 1. The molecule has 0 saturated carbocycles. The van der Waals surface area contributed by atoms with E-state index in [0.29, 0.717) is 0 Å². The molecule has 4 nitrogen and oxygen atoms in total. The molecule has 2 N–H and O–H groups in total. The van der Waals surface area contributed by atoms with Gasteiger partial charge in [-0.1, -0.05) is 11.6 Å². The van der Waals surface area contributed by atoms with Crippen LogP contribution in [0.1, 0.15) is 25.0 Å². The third-order valence-electron chi connectivity index (χ3n) is 2.54. The van der Waals surface area contributed by atoms with Crippen molar-refractivity contribution in [2.24, 2.45) is 12.8 Å². The number of rotatable bonds is 2. The summed E-state index contributed by atoms with van der Waals surface area (Å²) in [5.74, 6) is 0. The van der Waals surface area contributed by atoms with Crippen molar-refractivity contribution in [3.8, 4) is 0 Å². The first-order chi connectivity index (χ1) is 6.74. The number of nitrogens with two attached hydrogens (primary N) is 1. The van der Waals surface area contributed by atoms with Gasteiger partial charge in [0.2, 0.25) is 0 Å². The minimum absolute atomic E-state index is 0.246. The molecule has 0 aliphatic heterocycles. The van der Waals surface area contributed by atoms with E-state index in [0.717, 1.165) is 25.0 Å². The smallest absolute Gasteiger partial charge is 0.0867 e. The van der Waals surface area contributed by atoms with Gasteiger partial charge < -0.3 is 5.73 Å². The van der Waals surface area contributed by atoms with Crippen LogP contribution >= 0.6 is 0 Å². The number of allylic oxidation sites excluding steroid dienone is 1. The number of nitrogens with zero attached hydrogens (tertiary/aromatic N) is 3. The highest BCUT2D eigenvalue weighted by Crippen LogP contribution is 2.19. The molecule has 0 aromatic carbocycles. The summed E-state index contributed by atoms with van der Waals surface area (Å²) in [4.78, 5) is 1.60. The van der Waals surface area contributed by atoms with Gasteiger partial charge in [-0.3, -0.25) is 0 Å². The van der Waals surface area contributed by atoms with Crippen molar-refractivity contribution >= 4 is 0 Å². The summed E-state index contributed by atoms with van der Waals surface area (Å²) >= 11 is 0. The standard InChI is InChI=1S/C10H16N4/c1-14-12-7-10(13-14)6-8-3-2-4-9(11)5-8/h5,7,9H,2-4,6,11H2,1H3. The molecule has 1 aliphatic rings. The lowest BCUT2D eigenvalue weighted by atomic mass is 9.93. The summed E-state index contributed by atoms with van der Waals surface area (Å²) < 4.78 is 0. The Bertz CT molecular complexity index is 340. The molecule has 76 valence electrons. The molecule has 1 aliphatic carbocycles. The van der Waals surface area contributed by atoms with Crippen LogP contribution in [-0.4, -0.2) is 21.0 Å². The fourth-order valence-corrected chi connectivity index (χ4v) is 1.88. The van der Waals surface area contributed by atoms with Gasteiger partial charge in [0.1, 0.15) is 0 Å². The molecule has 4 heteroatoms. The Morgan fingerprint density at radius 1 is 1.64 bits per heavy atom. The van der Waals surface area contributed by atoms with E-state index in [2.05, 4.69) is 16.3 Å². The molecule has 0 amide bonds. The van der Waals surface area contributed by atoms with Crippen LogP contribution in [0.4, 0.5) is 0 Å². The maximum absolute atomic E-state index is 5.87. The average molecular weight is 192 g/mol. The molecule has 0 saturated heterocycles. The molecule has 1 atom stereocenters. The van der Waals surface area contributed by atoms with Crippen molar-refractivity contribution in [3.05, 3.63) is 23.5 Å². The highest BCUT2D eigenvalue weighted by Gasteiger charge is 2.11. The molecule has 1 aromatic rings. The average Bonchev–Trinajstić information content (AvgIpc) is 2.51. The number of aromatic nitrogens is 3. The molecule has 0 radical (unpaired) electrons. The summed E-state index contributed by atoms with van der Waals surface area (Å²) in [6.07, 6.45) is 8.38. The Hall–Kier alpha value is -1.16. The second-order valence-electron chi connectivity index (χ2n) is 3.88. The molecular weight excluding hydrogens is 176 g/mol. The van der Waals surface area contributed by atoms with Gasteiger partial charge in [-0.05, 0) is 19.3 Å². The van der Waals surface area contributed by atoms with E-state index >= 15 is 0 Å². The van der Waals surface area contributed by atoms with Crippen LogP contribution in [0.15, 0.2) is 17.8 Å². The third-order valence-corrected chi connectivity index (χ3v) is 2.54. The van der Waals surface area contributed by atoms with E-state index in [4.69, 9.17) is 5.73 Å². The second kappa shape index (κ2) is 3.92. The number of hydrogen-bond donors (Lipinski definition) is 1. The monoisotopic (exact) mass is 192 g/mol. The van der Waals surface area contributed by atoms with Crippen molar-refractivity contribution < 1.29 is 0 Å². The maximum atomic E-state index is 5.87. The predicted octanol–water partition coefficient (Wildman–Crippen LogP) is 0.795. The molecule has 14 heavy (non-hydrogen) atoms. The molecule has 1 unspecified atom stereocenters. The van der Waals surface area contributed by atoms with Gasteiger partial charge in [0.05, 0.1) is 11.9 Å². The predicted molar refractivity (Wildman–Crippen MR) is 54.6 cm³/mol. The van der Waals surface area contributed by atoms with E-state index in [9.17, 15) is 0 Å². The highest BCUT2D eigenvalue weighted by molar-refractivity contribution is 5.16. The first kappa shape index (κ1) is 9.40. The minimum Gasteiger partial charge on any atom is -0.324 e. The zero-order valence-corrected chi connectivity index (χ0v) is 8.48. The van der Waals surface area contributed by atoms with Gasteiger partial charge in [-0.15, -0.1) is 0 Å². The van der Waals surface area contributed by atoms with Gasteiger partial charge in [0.25, 0.3) is 0 Å². The lowest BCUT2D eigenvalue weighted by molar-refractivity contribution is 0.611. The number of hydrogen-bond acceptors (Lipinski definition) is 3. The van der Waals surface area contributed by atoms with Gasteiger partial charge in [-0.25, -0.2) is 0 Å². The summed E-state index contributed by atoms with van der Waals surface area (Å²) in [6.45, 7) is 0. The summed E-state index contributed by atoms with van der Waals surface area (Å²) in [5.41, 5.74) is 8.31.